The molecule has 4 heterocycles. The standard InChI is InChI=1S/C21H23F3N6OS/c1-13-17(31-12-26-13)18-27-28-19(29(18)2)32-7-3-6-30-10-15-8-20(15,11-30)16-5-4-14(9-25-16)21(22,23)24/h4-5,9,12,15H,3,6-8,10-11H2,1-2H3. The lowest BCUT2D eigenvalue weighted by atomic mass is 10.00. The number of halogens is 3. The maximum absolute atomic E-state index is 12.8. The third kappa shape index (κ3) is 3.81. The molecule has 3 aromatic heterocycles. The highest BCUT2D eigenvalue weighted by Gasteiger charge is 2.61. The van der Waals surface area contributed by atoms with E-state index < -0.39 is 11.7 Å². The summed E-state index contributed by atoms with van der Waals surface area (Å²) in [7, 11) is 1.91. The van der Waals surface area contributed by atoms with Crippen molar-refractivity contribution < 1.29 is 17.6 Å². The van der Waals surface area contributed by atoms with Gasteiger partial charge >= 0.3 is 6.18 Å². The average Bonchev–Trinajstić information content (AvgIpc) is 3.05. The number of oxazole rings is 1. The first-order valence-electron chi connectivity index (χ1n) is 10.5. The Morgan fingerprint density at radius 3 is 2.78 bits per heavy atom. The first-order chi connectivity index (χ1) is 15.3. The lowest BCUT2D eigenvalue weighted by molar-refractivity contribution is -0.137. The zero-order valence-corrected chi connectivity index (χ0v) is 18.6. The van der Waals surface area contributed by atoms with Crippen molar-refractivity contribution in [3.8, 4) is 11.6 Å². The second-order valence-electron chi connectivity index (χ2n) is 8.56. The topological polar surface area (TPSA) is 72.9 Å². The van der Waals surface area contributed by atoms with Crippen LogP contribution in [0.15, 0.2) is 34.3 Å². The molecule has 0 aromatic carbocycles. The minimum atomic E-state index is -4.34. The summed E-state index contributed by atoms with van der Waals surface area (Å²) in [4.78, 5) is 10.7. The van der Waals surface area contributed by atoms with E-state index in [1.807, 2.05) is 18.5 Å². The van der Waals surface area contributed by atoms with E-state index in [0.29, 0.717) is 17.5 Å². The Balaban J connectivity index is 1.12. The van der Waals surface area contributed by atoms with Crippen molar-refractivity contribution in [3.63, 3.8) is 0 Å². The predicted octanol–water partition coefficient (Wildman–Crippen LogP) is 3.95. The van der Waals surface area contributed by atoms with Gasteiger partial charge in [0.25, 0.3) is 0 Å². The van der Waals surface area contributed by atoms with E-state index >= 15 is 0 Å². The number of aryl methyl sites for hydroxylation is 1. The fourth-order valence-corrected chi connectivity index (χ4v) is 5.45. The van der Waals surface area contributed by atoms with Crippen molar-refractivity contribution in [1.29, 1.82) is 0 Å². The van der Waals surface area contributed by atoms with E-state index in [1.54, 1.807) is 17.8 Å². The highest BCUT2D eigenvalue weighted by molar-refractivity contribution is 7.99. The average molecular weight is 465 g/mol. The van der Waals surface area contributed by atoms with Crippen molar-refractivity contribution in [2.24, 2.45) is 13.0 Å². The molecular formula is C21H23F3N6OS. The fourth-order valence-electron chi connectivity index (χ4n) is 4.62. The van der Waals surface area contributed by atoms with Crippen LogP contribution in [0.1, 0.15) is 29.8 Å². The maximum atomic E-state index is 12.8. The summed E-state index contributed by atoms with van der Waals surface area (Å²) < 4.78 is 45.7. The largest absolute Gasteiger partial charge is 0.440 e. The highest BCUT2D eigenvalue weighted by atomic mass is 32.2. The Kier molecular flexibility index (Phi) is 5.28. The molecule has 2 atom stereocenters. The first-order valence-corrected chi connectivity index (χ1v) is 11.5. The molecule has 2 unspecified atom stereocenters. The summed E-state index contributed by atoms with van der Waals surface area (Å²) in [5.74, 6) is 2.68. The number of piperidine rings is 1. The minimum Gasteiger partial charge on any atom is -0.440 e. The van der Waals surface area contributed by atoms with Gasteiger partial charge < -0.3 is 13.9 Å². The molecule has 2 fully saturated rings. The van der Waals surface area contributed by atoms with Gasteiger partial charge in [-0.15, -0.1) is 10.2 Å². The summed E-state index contributed by atoms with van der Waals surface area (Å²) in [6, 6.07) is 2.71. The molecule has 3 aromatic rings. The van der Waals surface area contributed by atoms with E-state index in [4.69, 9.17) is 4.42 Å². The molecule has 1 aliphatic heterocycles. The van der Waals surface area contributed by atoms with Crippen molar-refractivity contribution in [3.05, 3.63) is 41.7 Å². The molecule has 32 heavy (non-hydrogen) atoms. The molecule has 0 radical (unpaired) electrons. The summed E-state index contributed by atoms with van der Waals surface area (Å²) in [5, 5.41) is 9.31. The van der Waals surface area contributed by atoms with Crippen LogP contribution in [0.25, 0.3) is 11.6 Å². The fraction of sp³-hybridized carbons (Fsp3) is 0.524. The van der Waals surface area contributed by atoms with E-state index in [-0.39, 0.29) is 5.41 Å². The molecule has 1 aliphatic carbocycles. The molecule has 11 heteroatoms. The van der Waals surface area contributed by atoms with Crippen LogP contribution in [-0.4, -0.2) is 55.0 Å². The van der Waals surface area contributed by atoms with Crippen molar-refractivity contribution >= 4 is 11.8 Å². The number of fused-ring (bicyclic) bond motifs is 1. The summed E-state index contributed by atoms with van der Waals surface area (Å²) >= 11 is 1.65. The molecule has 1 saturated carbocycles. The first kappa shape index (κ1) is 21.4. The van der Waals surface area contributed by atoms with Crippen LogP contribution in [0.3, 0.4) is 0 Å². The van der Waals surface area contributed by atoms with Gasteiger partial charge in [-0.1, -0.05) is 11.8 Å². The van der Waals surface area contributed by atoms with E-state index in [0.717, 1.165) is 67.0 Å². The van der Waals surface area contributed by atoms with Gasteiger partial charge in [-0.25, -0.2) is 4.98 Å². The number of rotatable bonds is 7. The Bertz CT molecular complexity index is 1110. The Morgan fingerprint density at radius 1 is 1.25 bits per heavy atom. The lowest BCUT2D eigenvalue weighted by Gasteiger charge is -2.20. The SMILES string of the molecule is Cc1ncoc1-c1nnc(SCCCN2CC3CC3(c3ccc(C(F)(F)F)cn3)C2)n1C. The van der Waals surface area contributed by atoms with Crippen LogP contribution >= 0.6 is 11.8 Å². The van der Waals surface area contributed by atoms with Crippen molar-refractivity contribution in [2.75, 3.05) is 25.4 Å². The summed E-state index contributed by atoms with van der Waals surface area (Å²) in [6.07, 6.45) is 0.0213. The smallest absolute Gasteiger partial charge is 0.417 e. The highest BCUT2D eigenvalue weighted by Crippen LogP contribution is 2.58. The molecule has 0 amide bonds. The van der Waals surface area contributed by atoms with Gasteiger partial charge in [-0.2, -0.15) is 13.2 Å². The van der Waals surface area contributed by atoms with Gasteiger partial charge in [0, 0.05) is 43.2 Å². The normalized spacial score (nSPS) is 23.0. The maximum Gasteiger partial charge on any atom is 0.417 e. The van der Waals surface area contributed by atoms with Crippen LogP contribution in [0.4, 0.5) is 13.2 Å². The number of likely N-dealkylation sites (tertiary alicyclic amines) is 1. The van der Waals surface area contributed by atoms with Crippen LogP contribution in [0.5, 0.6) is 0 Å². The molecule has 0 N–H and O–H groups in total. The molecule has 5 rings (SSSR count). The Labute approximate surface area is 187 Å². The number of alkyl halides is 3. The van der Waals surface area contributed by atoms with Gasteiger partial charge in [0.05, 0.1) is 11.3 Å². The monoisotopic (exact) mass is 464 g/mol. The van der Waals surface area contributed by atoms with E-state index in [1.165, 1.54) is 6.39 Å². The van der Waals surface area contributed by atoms with Crippen molar-refractivity contribution in [1.82, 2.24) is 29.6 Å². The quantitative estimate of drug-likeness (QED) is 0.387. The minimum absolute atomic E-state index is 0.0648. The number of thioether (sulfide) groups is 1. The lowest BCUT2D eigenvalue weighted by Crippen LogP contribution is -2.28. The predicted molar refractivity (Wildman–Crippen MR) is 112 cm³/mol. The van der Waals surface area contributed by atoms with E-state index in [9.17, 15) is 13.2 Å². The zero-order valence-electron chi connectivity index (χ0n) is 17.8. The van der Waals surface area contributed by atoms with Gasteiger partial charge in [0.2, 0.25) is 5.82 Å². The number of pyridine rings is 1. The van der Waals surface area contributed by atoms with Gasteiger partial charge in [-0.3, -0.25) is 4.98 Å². The molecule has 7 nitrogen and oxygen atoms in total. The molecule has 0 bridgehead atoms. The van der Waals surface area contributed by atoms with Gasteiger partial charge in [0.1, 0.15) is 0 Å². The molecule has 2 aliphatic rings. The Hall–Kier alpha value is -2.40. The van der Waals surface area contributed by atoms with Gasteiger partial charge in [-0.05, 0) is 44.4 Å². The Morgan fingerprint density at radius 2 is 2.09 bits per heavy atom. The molecule has 0 spiro atoms. The third-order valence-electron chi connectivity index (χ3n) is 6.45. The number of hydrogen-bond donors (Lipinski definition) is 0. The molecule has 170 valence electrons. The van der Waals surface area contributed by atoms with E-state index in [2.05, 4.69) is 25.1 Å². The summed E-state index contributed by atoms with van der Waals surface area (Å²) in [6.45, 7) is 4.65. The number of nitrogens with zero attached hydrogens (tertiary/aromatic N) is 6. The van der Waals surface area contributed by atoms with Crippen molar-refractivity contribution in [2.45, 2.75) is 36.5 Å². The van der Waals surface area contributed by atoms with Gasteiger partial charge in [0.15, 0.2) is 17.3 Å². The second-order valence-corrected chi connectivity index (χ2v) is 9.62. The van der Waals surface area contributed by atoms with Crippen LogP contribution in [-0.2, 0) is 18.6 Å². The number of hydrogen-bond acceptors (Lipinski definition) is 7. The third-order valence-corrected chi connectivity index (χ3v) is 7.56. The van der Waals surface area contributed by atoms with Crippen LogP contribution in [0.2, 0.25) is 0 Å². The zero-order chi connectivity index (χ0) is 22.5. The second kappa shape index (κ2) is 7.87. The van der Waals surface area contributed by atoms with Crippen LogP contribution < -0.4 is 0 Å². The van der Waals surface area contributed by atoms with Crippen LogP contribution in [0, 0.1) is 12.8 Å². The summed E-state index contributed by atoms with van der Waals surface area (Å²) in [5.41, 5.74) is 0.819. The molecular weight excluding hydrogens is 441 g/mol. The molecule has 1 saturated heterocycles. The number of aromatic nitrogens is 5.